The van der Waals surface area contributed by atoms with E-state index < -0.39 is 0 Å². The smallest absolute Gasteiger partial charge is 0.0435 e. The van der Waals surface area contributed by atoms with Gasteiger partial charge in [0.05, 0.1) is 0 Å². The van der Waals surface area contributed by atoms with Gasteiger partial charge in [-0.05, 0) is 37.0 Å². The van der Waals surface area contributed by atoms with Gasteiger partial charge in [0, 0.05) is 24.4 Å². The highest BCUT2D eigenvalue weighted by Gasteiger charge is 2.40. The molecule has 2 aliphatic carbocycles. The monoisotopic (exact) mass is 211 g/mol. The molecule has 1 fully saturated rings. The average molecular weight is 211 g/mol. The van der Waals surface area contributed by atoms with Crippen LogP contribution in [0.25, 0.3) is 0 Å². The maximum atomic E-state index is 2.35. The van der Waals surface area contributed by atoms with Crippen molar-refractivity contribution < 1.29 is 0 Å². The van der Waals surface area contributed by atoms with E-state index in [1.807, 2.05) is 0 Å². The molecular weight excluding hydrogens is 194 g/mol. The van der Waals surface area contributed by atoms with Crippen LogP contribution in [0.3, 0.4) is 0 Å². The minimum absolute atomic E-state index is 0.773. The molecule has 1 saturated carbocycles. The molecule has 0 bridgehead atoms. The highest BCUT2D eigenvalue weighted by molar-refractivity contribution is 5.58. The Labute approximate surface area is 97.1 Å². The number of fused-ring (bicyclic) bond motifs is 1. The van der Waals surface area contributed by atoms with Gasteiger partial charge in [-0.1, -0.05) is 30.4 Å². The van der Waals surface area contributed by atoms with Crippen LogP contribution < -0.4 is 4.90 Å². The van der Waals surface area contributed by atoms with E-state index in [0.29, 0.717) is 0 Å². The fraction of sp³-hybridized carbons (Fsp3) is 0.333. The first kappa shape index (κ1) is 9.71. The molecule has 0 amide bonds. The number of hydrogen-bond donors (Lipinski definition) is 0. The Kier molecular flexibility index (Phi) is 2.13. The van der Waals surface area contributed by atoms with Gasteiger partial charge in [-0.15, -0.1) is 0 Å². The van der Waals surface area contributed by atoms with Crippen LogP contribution in [0.2, 0.25) is 0 Å². The summed E-state index contributed by atoms with van der Waals surface area (Å²) in [6.07, 6.45) is 8.14. The van der Waals surface area contributed by atoms with E-state index in [-0.39, 0.29) is 0 Å². The molecule has 2 unspecified atom stereocenters. The van der Waals surface area contributed by atoms with E-state index in [0.717, 1.165) is 11.8 Å². The third-order valence-corrected chi connectivity index (χ3v) is 3.71. The maximum absolute atomic E-state index is 2.35. The second kappa shape index (κ2) is 3.51. The van der Waals surface area contributed by atoms with Gasteiger partial charge in [0.1, 0.15) is 0 Å². The lowest BCUT2D eigenvalue weighted by atomic mass is 10.1. The number of nitrogens with zero attached hydrogens (tertiary/aromatic N) is 1. The Morgan fingerprint density at radius 3 is 2.88 bits per heavy atom. The van der Waals surface area contributed by atoms with Crippen LogP contribution in [0.15, 0.2) is 48.2 Å². The summed E-state index contributed by atoms with van der Waals surface area (Å²) in [7, 11) is 2.18. The number of allylic oxidation sites excluding steroid dienone is 4. The first-order chi connectivity index (χ1) is 7.77. The Balaban J connectivity index is 1.93. The van der Waals surface area contributed by atoms with E-state index in [2.05, 4.69) is 61.4 Å². The SMILES string of the molecule is Cc1ccccc1N(C)C1=CC=CC2CC12. The van der Waals surface area contributed by atoms with E-state index in [1.165, 1.54) is 23.4 Å². The number of hydrogen-bond acceptors (Lipinski definition) is 1. The predicted molar refractivity (Wildman–Crippen MR) is 68.4 cm³/mol. The minimum atomic E-state index is 0.773. The van der Waals surface area contributed by atoms with Crippen molar-refractivity contribution in [2.45, 2.75) is 13.3 Å². The molecule has 0 saturated heterocycles. The minimum Gasteiger partial charge on any atom is -0.348 e. The van der Waals surface area contributed by atoms with Crippen molar-refractivity contribution in [2.24, 2.45) is 11.8 Å². The second-order valence-corrected chi connectivity index (χ2v) is 4.83. The summed E-state index contributed by atoms with van der Waals surface area (Å²) < 4.78 is 0. The molecule has 1 nitrogen and oxygen atoms in total. The second-order valence-electron chi connectivity index (χ2n) is 4.83. The van der Waals surface area contributed by atoms with Crippen LogP contribution in [0, 0.1) is 18.8 Å². The first-order valence-corrected chi connectivity index (χ1v) is 5.95. The average Bonchev–Trinajstić information content (AvgIpc) is 3.07. The Hall–Kier alpha value is -1.50. The van der Waals surface area contributed by atoms with Crippen LogP contribution in [-0.2, 0) is 0 Å². The van der Waals surface area contributed by atoms with Gasteiger partial charge in [0.15, 0.2) is 0 Å². The van der Waals surface area contributed by atoms with Crippen molar-refractivity contribution in [1.29, 1.82) is 0 Å². The summed E-state index contributed by atoms with van der Waals surface area (Å²) >= 11 is 0. The van der Waals surface area contributed by atoms with Crippen LogP contribution in [-0.4, -0.2) is 7.05 Å². The fourth-order valence-electron chi connectivity index (χ4n) is 2.63. The molecule has 0 aliphatic heterocycles. The molecule has 1 aromatic carbocycles. The number of aryl methyl sites for hydroxylation is 1. The van der Waals surface area contributed by atoms with Crippen LogP contribution in [0.1, 0.15) is 12.0 Å². The topological polar surface area (TPSA) is 3.24 Å². The number of para-hydroxylation sites is 1. The molecule has 16 heavy (non-hydrogen) atoms. The zero-order valence-corrected chi connectivity index (χ0v) is 9.85. The predicted octanol–water partition coefficient (Wildman–Crippen LogP) is 3.52. The molecule has 2 atom stereocenters. The Bertz CT molecular complexity index is 470. The van der Waals surface area contributed by atoms with Crippen LogP contribution in [0.4, 0.5) is 5.69 Å². The van der Waals surface area contributed by atoms with Crippen molar-refractivity contribution >= 4 is 5.69 Å². The molecule has 1 aromatic rings. The summed E-state index contributed by atoms with van der Waals surface area (Å²) in [6, 6.07) is 8.59. The van der Waals surface area contributed by atoms with E-state index in [4.69, 9.17) is 0 Å². The maximum Gasteiger partial charge on any atom is 0.0435 e. The van der Waals surface area contributed by atoms with Gasteiger partial charge in [-0.3, -0.25) is 0 Å². The van der Waals surface area contributed by atoms with E-state index in [9.17, 15) is 0 Å². The van der Waals surface area contributed by atoms with Gasteiger partial charge in [-0.2, -0.15) is 0 Å². The standard InChI is InChI=1S/C15H17N/c1-11-6-3-4-8-14(11)16(2)15-9-5-7-12-10-13(12)15/h3-9,12-13H,10H2,1-2H3. The fourth-order valence-corrected chi connectivity index (χ4v) is 2.63. The molecule has 2 aliphatic rings. The largest absolute Gasteiger partial charge is 0.348 e. The van der Waals surface area contributed by atoms with Crippen molar-refractivity contribution in [2.75, 3.05) is 11.9 Å². The summed E-state index contributed by atoms with van der Waals surface area (Å²) in [5.74, 6) is 1.58. The van der Waals surface area contributed by atoms with Crippen molar-refractivity contribution in [3.8, 4) is 0 Å². The van der Waals surface area contributed by atoms with Gasteiger partial charge in [0.2, 0.25) is 0 Å². The normalized spacial score (nSPS) is 26.0. The van der Waals surface area contributed by atoms with E-state index in [1.54, 1.807) is 0 Å². The summed E-state index contributed by atoms with van der Waals surface area (Å²) in [5.41, 5.74) is 4.15. The van der Waals surface area contributed by atoms with Crippen LogP contribution in [0.5, 0.6) is 0 Å². The van der Waals surface area contributed by atoms with Gasteiger partial charge >= 0.3 is 0 Å². The molecule has 82 valence electrons. The third-order valence-electron chi connectivity index (χ3n) is 3.71. The number of benzene rings is 1. The lowest BCUT2D eigenvalue weighted by Gasteiger charge is -2.25. The Morgan fingerprint density at radius 2 is 2.06 bits per heavy atom. The molecule has 3 rings (SSSR count). The van der Waals surface area contributed by atoms with Crippen LogP contribution >= 0.6 is 0 Å². The summed E-state index contributed by atoms with van der Waals surface area (Å²) in [4.78, 5) is 2.35. The number of anilines is 1. The Morgan fingerprint density at radius 1 is 1.25 bits per heavy atom. The van der Waals surface area contributed by atoms with Gasteiger partial charge in [0.25, 0.3) is 0 Å². The quantitative estimate of drug-likeness (QED) is 0.723. The molecule has 0 radical (unpaired) electrons. The van der Waals surface area contributed by atoms with E-state index >= 15 is 0 Å². The van der Waals surface area contributed by atoms with Crippen molar-refractivity contribution in [3.63, 3.8) is 0 Å². The third kappa shape index (κ3) is 1.47. The van der Waals surface area contributed by atoms with Gasteiger partial charge < -0.3 is 4.90 Å². The van der Waals surface area contributed by atoms with Crippen molar-refractivity contribution in [3.05, 3.63) is 53.8 Å². The highest BCUT2D eigenvalue weighted by Crippen LogP contribution is 2.48. The molecule has 0 aromatic heterocycles. The molecule has 1 heteroatoms. The first-order valence-electron chi connectivity index (χ1n) is 5.95. The lowest BCUT2D eigenvalue weighted by Crippen LogP contribution is -2.20. The zero-order chi connectivity index (χ0) is 11.1. The summed E-state index contributed by atoms with van der Waals surface area (Å²) in [5, 5.41) is 0. The highest BCUT2D eigenvalue weighted by atomic mass is 15.1. The lowest BCUT2D eigenvalue weighted by molar-refractivity contribution is 0.850. The van der Waals surface area contributed by atoms with Gasteiger partial charge in [-0.25, -0.2) is 0 Å². The number of rotatable bonds is 2. The molecular formula is C15H17N. The zero-order valence-electron chi connectivity index (χ0n) is 9.85. The molecule has 0 N–H and O–H groups in total. The molecule has 0 spiro atoms. The van der Waals surface area contributed by atoms with Crippen molar-refractivity contribution in [1.82, 2.24) is 0 Å². The molecule has 0 heterocycles. The summed E-state index contributed by atoms with van der Waals surface area (Å²) in [6.45, 7) is 2.18.